The highest BCUT2D eigenvalue weighted by molar-refractivity contribution is 5.78. The van der Waals surface area contributed by atoms with Crippen LogP contribution >= 0.6 is 0 Å². The minimum absolute atomic E-state index is 0.0678. The van der Waals surface area contributed by atoms with Crippen molar-refractivity contribution in [3.63, 3.8) is 0 Å². The first-order valence-corrected chi connectivity index (χ1v) is 9.35. The molecular formula is C20H21FN6O2. The van der Waals surface area contributed by atoms with Crippen molar-refractivity contribution < 1.29 is 13.9 Å². The van der Waals surface area contributed by atoms with Gasteiger partial charge >= 0.3 is 0 Å². The number of benzene rings is 1. The summed E-state index contributed by atoms with van der Waals surface area (Å²) in [5.74, 6) is 2.24. The van der Waals surface area contributed by atoms with Gasteiger partial charge < -0.3 is 14.5 Å². The fraction of sp³-hybridized carbons (Fsp3) is 0.300. The van der Waals surface area contributed by atoms with Crippen LogP contribution in [0, 0.1) is 12.7 Å². The summed E-state index contributed by atoms with van der Waals surface area (Å²) in [4.78, 5) is 25.3. The van der Waals surface area contributed by atoms with Crippen LogP contribution in [0.5, 0.6) is 5.75 Å². The summed E-state index contributed by atoms with van der Waals surface area (Å²) >= 11 is 0. The summed E-state index contributed by atoms with van der Waals surface area (Å²) < 4.78 is 20.1. The van der Waals surface area contributed by atoms with Gasteiger partial charge in [0.15, 0.2) is 12.4 Å². The number of aromatic nitrogens is 4. The highest BCUT2D eigenvalue weighted by atomic mass is 19.1. The minimum Gasteiger partial charge on any atom is -0.484 e. The molecule has 1 amide bonds. The molecule has 0 spiro atoms. The van der Waals surface area contributed by atoms with Gasteiger partial charge in [0.2, 0.25) is 0 Å². The maximum atomic E-state index is 12.9. The molecule has 1 aliphatic heterocycles. The van der Waals surface area contributed by atoms with E-state index in [0.29, 0.717) is 43.6 Å². The van der Waals surface area contributed by atoms with E-state index in [0.717, 1.165) is 5.82 Å². The van der Waals surface area contributed by atoms with E-state index in [1.807, 2.05) is 25.3 Å². The maximum Gasteiger partial charge on any atom is 0.260 e. The summed E-state index contributed by atoms with van der Waals surface area (Å²) in [6.45, 7) is 4.26. The van der Waals surface area contributed by atoms with E-state index in [9.17, 15) is 9.18 Å². The van der Waals surface area contributed by atoms with Gasteiger partial charge in [-0.2, -0.15) is 5.10 Å². The average molecular weight is 396 g/mol. The van der Waals surface area contributed by atoms with Crippen LogP contribution in [0.2, 0.25) is 0 Å². The average Bonchev–Trinajstić information content (AvgIpc) is 3.28. The smallest absolute Gasteiger partial charge is 0.260 e. The number of hydrogen-bond donors (Lipinski definition) is 0. The molecule has 9 heteroatoms. The Labute approximate surface area is 167 Å². The lowest BCUT2D eigenvalue weighted by Gasteiger charge is -2.35. The number of anilines is 1. The van der Waals surface area contributed by atoms with Crippen molar-refractivity contribution >= 4 is 11.7 Å². The molecule has 0 unspecified atom stereocenters. The standard InChI is InChI=1S/C20H21FN6O2/c1-15-23-18(13-19(24-15)27-8-2-7-22-27)25-9-11-26(12-10-25)20(28)14-29-17-5-3-16(21)4-6-17/h2-8,13H,9-12,14H2,1H3. The Balaban J connectivity index is 1.34. The first-order valence-electron chi connectivity index (χ1n) is 9.35. The van der Waals surface area contributed by atoms with Crippen molar-refractivity contribution in [3.05, 3.63) is 60.4 Å². The highest BCUT2D eigenvalue weighted by Crippen LogP contribution is 2.17. The van der Waals surface area contributed by atoms with Crippen LogP contribution < -0.4 is 9.64 Å². The fourth-order valence-corrected chi connectivity index (χ4v) is 3.17. The zero-order chi connectivity index (χ0) is 20.2. The van der Waals surface area contributed by atoms with Crippen molar-refractivity contribution in [3.8, 4) is 11.6 Å². The second-order valence-electron chi connectivity index (χ2n) is 6.69. The SMILES string of the molecule is Cc1nc(N2CCN(C(=O)COc3ccc(F)cc3)CC2)cc(-n2cccn2)n1. The molecule has 1 fully saturated rings. The Hall–Kier alpha value is -3.49. The third-order valence-corrected chi connectivity index (χ3v) is 4.68. The van der Waals surface area contributed by atoms with Crippen LogP contribution in [0.1, 0.15) is 5.82 Å². The number of rotatable bonds is 5. The number of piperazine rings is 1. The quantitative estimate of drug-likeness (QED) is 0.655. The third-order valence-electron chi connectivity index (χ3n) is 4.68. The summed E-state index contributed by atoms with van der Waals surface area (Å²) in [5, 5.41) is 4.22. The molecule has 4 rings (SSSR count). The van der Waals surface area contributed by atoms with Crippen LogP contribution in [-0.4, -0.2) is 63.3 Å². The third kappa shape index (κ3) is 4.50. The van der Waals surface area contributed by atoms with Gasteiger partial charge in [-0.3, -0.25) is 4.79 Å². The zero-order valence-corrected chi connectivity index (χ0v) is 16.0. The van der Waals surface area contributed by atoms with E-state index in [1.165, 1.54) is 24.3 Å². The van der Waals surface area contributed by atoms with E-state index in [4.69, 9.17) is 4.74 Å². The van der Waals surface area contributed by atoms with E-state index in [2.05, 4.69) is 20.0 Å². The Morgan fingerprint density at radius 1 is 1.10 bits per heavy atom. The van der Waals surface area contributed by atoms with Crippen LogP contribution in [0.4, 0.5) is 10.2 Å². The van der Waals surface area contributed by atoms with Gasteiger partial charge in [-0.05, 0) is 37.3 Å². The number of halogens is 1. The van der Waals surface area contributed by atoms with Gasteiger partial charge in [0.25, 0.3) is 5.91 Å². The maximum absolute atomic E-state index is 12.9. The molecule has 0 atom stereocenters. The number of amides is 1. The molecule has 0 N–H and O–H groups in total. The van der Waals surface area contributed by atoms with Crippen LogP contribution in [0.15, 0.2) is 48.8 Å². The number of carbonyl (C=O) groups excluding carboxylic acids is 1. The van der Waals surface area contributed by atoms with E-state index >= 15 is 0 Å². The predicted octanol–water partition coefficient (Wildman–Crippen LogP) is 1.84. The summed E-state index contributed by atoms with van der Waals surface area (Å²) in [6, 6.07) is 9.37. The Kier molecular flexibility index (Phi) is 5.37. The number of ether oxygens (including phenoxy) is 1. The molecule has 3 aromatic rings. The largest absolute Gasteiger partial charge is 0.484 e. The molecule has 0 radical (unpaired) electrons. The Morgan fingerprint density at radius 2 is 1.83 bits per heavy atom. The first-order chi connectivity index (χ1) is 14.1. The van der Waals surface area contributed by atoms with Crippen LogP contribution in [0.25, 0.3) is 5.82 Å². The van der Waals surface area contributed by atoms with Gasteiger partial charge in [0, 0.05) is 44.6 Å². The van der Waals surface area contributed by atoms with E-state index < -0.39 is 0 Å². The van der Waals surface area contributed by atoms with Gasteiger partial charge in [-0.1, -0.05) is 0 Å². The van der Waals surface area contributed by atoms with E-state index in [1.54, 1.807) is 15.8 Å². The molecule has 0 aliphatic carbocycles. The van der Waals surface area contributed by atoms with Crippen molar-refractivity contribution in [2.75, 3.05) is 37.7 Å². The second kappa shape index (κ2) is 8.26. The van der Waals surface area contributed by atoms with Gasteiger partial charge in [-0.25, -0.2) is 19.0 Å². The molecular weight excluding hydrogens is 375 g/mol. The second-order valence-corrected chi connectivity index (χ2v) is 6.69. The normalized spacial score (nSPS) is 14.1. The lowest BCUT2D eigenvalue weighted by molar-refractivity contribution is -0.133. The number of nitrogens with zero attached hydrogens (tertiary/aromatic N) is 6. The molecule has 150 valence electrons. The Morgan fingerprint density at radius 3 is 2.52 bits per heavy atom. The number of aryl methyl sites for hydroxylation is 1. The number of carbonyl (C=O) groups is 1. The summed E-state index contributed by atoms with van der Waals surface area (Å²) in [6.07, 6.45) is 3.54. The van der Waals surface area contributed by atoms with Crippen molar-refractivity contribution in [2.24, 2.45) is 0 Å². The van der Waals surface area contributed by atoms with E-state index in [-0.39, 0.29) is 18.3 Å². The Bertz CT molecular complexity index is 969. The lowest BCUT2D eigenvalue weighted by Crippen LogP contribution is -2.50. The molecule has 3 heterocycles. The predicted molar refractivity (Wildman–Crippen MR) is 105 cm³/mol. The molecule has 29 heavy (non-hydrogen) atoms. The monoisotopic (exact) mass is 396 g/mol. The molecule has 0 bridgehead atoms. The van der Waals surface area contributed by atoms with Crippen LogP contribution in [-0.2, 0) is 4.79 Å². The van der Waals surface area contributed by atoms with Crippen molar-refractivity contribution in [1.29, 1.82) is 0 Å². The van der Waals surface area contributed by atoms with Gasteiger partial charge in [-0.15, -0.1) is 0 Å². The van der Waals surface area contributed by atoms with Gasteiger partial charge in [0.05, 0.1) is 0 Å². The number of hydrogen-bond acceptors (Lipinski definition) is 6. The molecule has 2 aromatic heterocycles. The summed E-state index contributed by atoms with van der Waals surface area (Å²) in [7, 11) is 0. The van der Waals surface area contributed by atoms with Crippen molar-refractivity contribution in [1.82, 2.24) is 24.6 Å². The fourth-order valence-electron chi connectivity index (χ4n) is 3.17. The minimum atomic E-state index is -0.338. The molecule has 0 saturated carbocycles. The van der Waals surface area contributed by atoms with Crippen molar-refractivity contribution in [2.45, 2.75) is 6.92 Å². The molecule has 1 saturated heterocycles. The van der Waals surface area contributed by atoms with Crippen LogP contribution in [0.3, 0.4) is 0 Å². The van der Waals surface area contributed by atoms with Gasteiger partial charge in [0.1, 0.15) is 23.2 Å². The highest BCUT2D eigenvalue weighted by Gasteiger charge is 2.23. The topological polar surface area (TPSA) is 76.4 Å². The lowest BCUT2D eigenvalue weighted by atomic mass is 10.3. The zero-order valence-electron chi connectivity index (χ0n) is 16.0. The first kappa shape index (κ1) is 18.9. The molecule has 1 aromatic carbocycles. The molecule has 1 aliphatic rings. The molecule has 8 nitrogen and oxygen atoms in total. The summed E-state index contributed by atoms with van der Waals surface area (Å²) in [5.41, 5.74) is 0.